The minimum Gasteiger partial charge on any atom is -0.375 e. The molecule has 1 aromatic rings. The second kappa shape index (κ2) is 4.88. The van der Waals surface area contributed by atoms with Gasteiger partial charge in [0.05, 0.1) is 0 Å². The summed E-state index contributed by atoms with van der Waals surface area (Å²) in [5.74, 6) is 1.74. The number of rotatable bonds is 3. The highest BCUT2D eigenvalue weighted by atomic mass is 32.2. The molecule has 0 aliphatic heterocycles. The van der Waals surface area contributed by atoms with Gasteiger partial charge in [0.25, 0.3) is 0 Å². The molecule has 4 aliphatic carbocycles. The minimum absolute atomic E-state index is 0.116. The summed E-state index contributed by atoms with van der Waals surface area (Å²) in [4.78, 5) is 0. The van der Waals surface area contributed by atoms with Gasteiger partial charge in [0.2, 0.25) is 0 Å². The first kappa shape index (κ1) is 15.7. The Morgan fingerprint density at radius 2 is 1.57 bits per heavy atom. The van der Waals surface area contributed by atoms with Gasteiger partial charge in [-0.3, -0.25) is 0 Å². The van der Waals surface area contributed by atoms with Crippen LogP contribution in [0.5, 0.6) is 5.75 Å². The molecule has 0 unspecified atom stereocenters. The fraction of sp³-hybridized carbons (Fsp3) is 0.733. The Labute approximate surface area is 137 Å². The van der Waals surface area contributed by atoms with Crippen molar-refractivity contribution in [3.05, 3.63) is 16.3 Å². The predicted octanol–water partition coefficient (Wildman–Crippen LogP) is 4.44. The van der Waals surface area contributed by atoms with Crippen LogP contribution in [0.1, 0.15) is 44.1 Å². The number of thiophene rings is 1. The lowest BCUT2D eigenvalue weighted by Gasteiger charge is -2.56. The molecular formula is C15H17F3O3S2. The van der Waals surface area contributed by atoms with Gasteiger partial charge in [0.15, 0.2) is 5.75 Å². The molecule has 0 atom stereocenters. The van der Waals surface area contributed by atoms with Crippen molar-refractivity contribution in [2.24, 2.45) is 17.8 Å². The maximum Gasteiger partial charge on any atom is 0.534 e. The molecule has 0 N–H and O–H groups in total. The van der Waals surface area contributed by atoms with Crippen molar-refractivity contribution >= 4 is 21.5 Å². The molecule has 0 radical (unpaired) electrons. The summed E-state index contributed by atoms with van der Waals surface area (Å²) in [6, 6.07) is 0. The van der Waals surface area contributed by atoms with Crippen LogP contribution >= 0.6 is 11.3 Å². The van der Waals surface area contributed by atoms with Crippen molar-refractivity contribution in [2.75, 3.05) is 0 Å². The molecule has 5 rings (SSSR count). The lowest BCUT2D eigenvalue weighted by atomic mass is 9.48. The van der Waals surface area contributed by atoms with Gasteiger partial charge in [0, 0.05) is 16.4 Å². The van der Waals surface area contributed by atoms with Crippen LogP contribution in [-0.2, 0) is 15.5 Å². The first-order valence-electron chi connectivity index (χ1n) is 7.76. The lowest BCUT2D eigenvalue weighted by Crippen LogP contribution is -2.48. The molecule has 4 aliphatic rings. The summed E-state index contributed by atoms with van der Waals surface area (Å²) in [5, 5.41) is 3.17. The molecule has 0 saturated heterocycles. The first-order chi connectivity index (χ1) is 10.7. The van der Waals surface area contributed by atoms with Crippen LogP contribution in [0.4, 0.5) is 13.2 Å². The SMILES string of the molecule is O=S(=O)(Oc1cscc1C12CC3CC(CC(C3)C1)C2)C(F)(F)F. The van der Waals surface area contributed by atoms with Crippen molar-refractivity contribution in [3.8, 4) is 5.75 Å². The van der Waals surface area contributed by atoms with Crippen LogP contribution in [0.3, 0.4) is 0 Å². The Bertz CT molecular complexity index is 685. The molecule has 4 bridgehead atoms. The Morgan fingerprint density at radius 3 is 2.04 bits per heavy atom. The monoisotopic (exact) mass is 366 g/mol. The Kier molecular flexibility index (Phi) is 3.34. The maximum atomic E-state index is 12.6. The van der Waals surface area contributed by atoms with Gasteiger partial charge in [-0.1, -0.05) is 0 Å². The van der Waals surface area contributed by atoms with E-state index in [1.54, 1.807) is 5.38 Å². The molecule has 1 aromatic heterocycles. The van der Waals surface area contributed by atoms with Crippen LogP contribution in [0.25, 0.3) is 0 Å². The molecule has 3 nitrogen and oxygen atoms in total. The van der Waals surface area contributed by atoms with Gasteiger partial charge in [-0.25, -0.2) is 0 Å². The van der Waals surface area contributed by atoms with E-state index in [1.807, 2.05) is 0 Å². The van der Waals surface area contributed by atoms with Crippen molar-refractivity contribution in [1.29, 1.82) is 0 Å². The van der Waals surface area contributed by atoms with Crippen LogP contribution in [0.2, 0.25) is 0 Å². The normalized spacial score (nSPS) is 36.4. The molecule has 1 heterocycles. The van der Waals surface area contributed by atoms with Gasteiger partial charge in [-0.2, -0.15) is 21.6 Å². The largest absolute Gasteiger partial charge is 0.534 e. The zero-order chi connectivity index (χ0) is 16.5. The summed E-state index contributed by atoms with van der Waals surface area (Å²) in [6.45, 7) is 0. The van der Waals surface area contributed by atoms with E-state index in [0.29, 0.717) is 23.3 Å². The third-order valence-corrected chi connectivity index (χ3v) is 7.41. The van der Waals surface area contributed by atoms with Crippen LogP contribution in [0.15, 0.2) is 10.8 Å². The van der Waals surface area contributed by atoms with Crippen molar-refractivity contribution in [3.63, 3.8) is 0 Å². The minimum atomic E-state index is -5.61. The highest BCUT2D eigenvalue weighted by Crippen LogP contribution is 2.62. The van der Waals surface area contributed by atoms with E-state index < -0.39 is 15.6 Å². The second-order valence-electron chi connectivity index (χ2n) is 7.33. The summed E-state index contributed by atoms with van der Waals surface area (Å²) < 4.78 is 65.0. The molecule has 0 spiro atoms. The molecule has 23 heavy (non-hydrogen) atoms. The van der Waals surface area contributed by atoms with Gasteiger partial charge >= 0.3 is 15.6 Å². The number of alkyl halides is 3. The van der Waals surface area contributed by atoms with E-state index in [0.717, 1.165) is 19.3 Å². The van der Waals surface area contributed by atoms with E-state index in [-0.39, 0.29) is 11.2 Å². The third-order valence-electron chi connectivity index (χ3n) is 5.72. The average Bonchev–Trinajstić information content (AvgIpc) is 2.83. The molecular weight excluding hydrogens is 349 g/mol. The summed E-state index contributed by atoms with van der Waals surface area (Å²) >= 11 is 1.21. The summed E-state index contributed by atoms with van der Waals surface area (Å²) in [6.07, 6.45) is 6.45. The molecule has 4 saturated carbocycles. The average molecular weight is 366 g/mol. The molecule has 128 valence electrons. The van der Waals surface area contributed by atoms with Crippen molar-refractivity contribution in [2.45, 2.75) is 49.4 Å². The summed E-state index contributed by atoms with van der Waals surface area (Å²) in [7, 11) is -5.61. The quantitative estimate of drug-likeness (QED) is 0.587. The topological polar surface area (TPSA) is 43.4 Å². The fourth-order valence-electron chi connectivity index (χ4n) is 5.34. The van der Waals surface area contributed by atoms with E-state index in [1.165, 1.54) is 36.0 Å². The first-order valence-corrected chi connectivity index (χ1v) is 10.1. The van der Waals surface area contributed by atoms with E-state index in [4.69, 9.17) is 0 Å². The number of hydrogen-bond acceptors (Lipinski definition) is 4. The second-order valence-corrected chi connectivity index (χ2v) is 9.61. The van der Waals surface area contributed by atoms with Crippen molar-refractivity contribution < 1.29 is 25.8 Å². The van der Waals surface area contributed by atoms with Gasteiger partial charge in [0.1, 0.15) is 0 Å². The lowest BCUT2D eigenvalue weighted by molar-refractivity contribution is -0.0502. The molecule has 0 amide bonds. The summed E-state index contributed by atoms with van der Waals surface area (Å²) in [5.41, 5.74) is -4.91. The fourth-order valence-corrected chi connectivity index (χ4v) is 6.74. The standard InChI is InChI=1S/C15H17F3O3S2/c16-15(17,18)23(19,20)21-13-8-22-7-12(13)14-4-9-1-10(5-14)3-11(2-9)6-14/h7-11H,1-6H2. The Hall–Kier alpha value is -0.760. The van der Waals surface area contributed by atoms with Gasteiger partial charge < -0.3 is 4.18 Å². The van der Waals surface area contributed by atoms with Crippen LogP contribution in [0, 0.1) is 17.8 Å². The predicted molar refractivity (Wildman–Crippen MR) is 79.8 cm³/mol. The Morgan fingerprint density at radius 1 is 1.04 bits per heavy atom. The maximum absolute atomic E-state index is 12.6. The third kappa shape index (κ3) is 2.49. The van der Waals surface area contributed by atoms with Gasteiger partial charge in [-0.15, -0.1) is 11.3 Å². The van der Waals surface area contributed by atoms with E-state index in [9.17, 15) is 21.6 Å². The smallest absolute Gasteiger partial charge is 0.375 e. The Balaban J connectivity index is 1.68. The van der Waals surface area contributed by atoms with E-state index in [2.05, 4.69) is 4.18 Å². The highest BCUT2D eigenvalue weighted by molar-refractivity contribution is 7.88. The highest BCUT2D eigenvalue weighted by Gasteiger charge is 2.54. The zero-order valence-electron chi connectivity index (χ0n) is 12.3. The molecule has 8 heteroatoms. The zero-order valence-corrected chi connectivity index (χ0v) is 13.9. The number of hydrogen-bond donors (Lipinski definition) is 0. The number of halogens is 3. The van der Waals surface area contributed by atoms with Crippen LogP contribution < -0.4 is 4.18 Å². The van der Waals surface area contributed by atoms with E-state index >= 15 is 0 Å². The van der Waals surface area contributed by atoms with Crippen LogP contribution in [-0.4, -0.2) is 13.9 Å². The molecule has 4 fully saturated rings. The van der Waals surface area contributed by atoms with Gasteiger partial charge in [-0.05, 0) is 61.7 Å². The van der Waals surface area contributed by atoms with Crippen molar-refractivity contribution in [1.82, 2.24) is 0 Å². The molecule has 0 aromatic carbocycles.